The molecule has 0 aliphatic heterocycles. The van der Waals surface area contributed by atoms with Crippen molar-refractivity contribution in [2.45, 2.75) is 6.92 Å². The third-order valence-electron chi connectivity index (χ3n) is 1.28. The SMILES string of the molecule is Cc1cnc2cn[nH]c2n1. The van der Waals surface area contributed by atoms with Gasteiger partial charge in [0, 0.05) is 6.20 Å². The Morgan fingerprint density at radius 2 is 2.30 bits per heavy atom. The molecule has 0 fully saturated rings. The lowest BCUT2D eigenvalue weighted by molar-refractivity contribution is 1.08. The highest BCUT2D eigenvalue weighted by Gasteiger charge is 1.95. The van der Waals surface area contributed by atoms with Gasteiger partial charge in [-0.3, -0.25) is 5.10 Å². The maximum atomic E-state index is 4.16. The van der Waals surface area contributed by atoms with Crippen molar-refractivity contribution in [1.29, 1.82) is 0 Å². The average Bonchev–Trinajstić information content (AvgIpc) is 2.33. The highest BCUT2D eigenvalue weighted by Crippen LogP contribution is 2.02. The molecule has 10 heavy (non-hydrogen) atoms. The molecular weight excluding hydrogens is 128 g/mol. The molecule has 1 N–H and O–H groups in total. The maximum absolute atomic E-state index is 4.16. The van der Waals surface area contributed by atoms with Crippen LogP contribution >= 0.6 is 0 Å². The van der Waals surface area contributed by atoms with Crippen LogP contribution in [0.1, 0.15) is 5.69 Å². The summed E-state index contributed by atoms with van der Waals surface area (Å²) in [5, 5.41) is 6.53. The second-order valence-corrected chi connectivity index (χ2v) is 2.12. The molecule has 0 bridgehead atoms. The summed E-state index contributed by atoms with van der Waals surface area (Å²) in [6.07, 6.45) is 3.37. The Morgan fingerprint density at radius 3 is 3.20 bits per heavy atom. The molecule has 0 aliphatic rings. The summed E-state index contributed by atoms with van der Waals surface area (Å²) < 4.78 is 0. The molecule has 2 rings (SSSR count). The van der Waals surface area contributed by atoms with Crippen LogP contribution < -0.4 is 0 Å². The fourth-order valence-electron chi connectivity index (χ4n) is 0.818. The van der Waals surface area contributed by atoms with Crippen molar-refractivity contribution in [2.75, 3.05) is 0 Å². The van der Waals surface area contributed by atoms with Crippen molar-refractivity contribution in [3.8, 4) is 0 Å². The van der Waals surface area contributed by atoms with E-state index in [4.69, 9.17) is 0 Å². The first kappa shape index (κ1) is 5.34. The van der Waals surface area contributed by atoms with Gasteiger partial charge in [-0.25, -0.2) is 9.97 Å². The molecule has 0 saturated carbocycles. The van der Waals surface area contributed by atoms with E-state index in [1.807, 2.05) is 6.92 Å². The molecule has 4 heteroatoms. The van der Waals surface area contributed by atoms with Crippen LogP contribution in [0.25, 0.3) is 11.2 Å². The van der Waals surface area contributed by atoms with Crippen molar-refractivity contribution < 1.29 is 0 Å². The number of hydrogen-bond acceptors (Lipinski definition) is 3. The van der Waals surface area contributed by atoms with Crippen molar-refractivity contribution in [3.05, 3.63) is 18.1 Å². The van der Waals surface area contributed by atoms with Gasteiger partial charge in [0.25, 0.3) is 0 Å². The second-order valence-electron chi connectivity index (χ2n) is 2.12. The van der Waals surface area contributed by atoms with Crippen molar-refractivity contribution in [2.24, 2.45) is 0 Å². The molecular formula is C6H6N4. The number of rotatable bonds is 0. The van der Waals surface area contributed by atoms with Gasteiger partial charge in [0.05, 0.1) is 11.9 Å². The van der Waals surface area contributed by atoms with Crippen LogP contribution in [-0.4, -0.2) is 20.2 Å². The molecule has 0 unspecified atom stereocenters. The molecule has 2 aromatic rings. The van der Waals surface area contributed by atoms with Crippen LogP contribution in [-0.2, 0) is 0 Å². The Kier molecular flexibility index (Phi) is 0.943. The third-order valence-corrected chi connectivity index (χ3v) is 1.28. The number of hydrogen-bond donors (Lipinski definition) is 1. The van der Waals surface area contributed by atoms with Gasteiger partial charge in [-0.05, 0) is 6.92 Å². The van der Waals surface area contributed by atoms with Crippen molar-refractivity contribution >= 4 is 11.2 Å². The predicted molar refractivity (Wildman–Crippen MR) is 36.4 cm³/mol. The summed E-state index contributed by atoms with van der Waals surface area (Å²) >= 11 is 0. The van der Waals surface area contributed by atoms with Gasteiger partial charge in [0.1, 0.15) is 5.52 Å². The van der Waals surface area contributed by atoms with Gasteiger partial charge < -0.3 is 0 Å². The number of aromatic amines is 1. The topological polar surface area (TPSA) is 54.5 Å². The van der Waals surface area contributed by atoms with Crippen LogP contribution in [0, 0.1) is 6.92 Å². The summed E-state index contributed by atoms with van der Waals surface area (Å²) in [5.74, 6) is 0. The zero-order chi connectivity index (χ0) is 6.97. The van der Waals surface area contributed by atoms with E-state index in [-0.39, 0.29) is 0 Å². The highest BCUT2D eigenvalue weighted by atomic mass is 15.1. The third kappa shape index (κ3) is 0.655. The van der Waals surface area contributed by atoms with Crippen LogP contribution in [0.15, 0.2) is 12.4 Å². The average molecular weight is 134 g/mol. The second kappa shape index (κ2) is 1.76. The maximum Gasteiger partial charge on any atom is 0.174 e. The molecule has 50 valence electrons. The van der Waals surface area contributed by atoms with E-state index in [1.165, 1.54) is 0 Å². The molecule has 4 nitrogen and oxygen atoms in total. The van der Waals surface area contributed by atoms with E-state index in [0.29, 0.717) is 0 Å². The lowest BCUT2D eigenvalue weighted by Crippen LogP contribution is -1.83. The monoisotopic (exact) mass is 134 g/mol. The molecule has 0 aliphatic carbocycles. The summed E-state index contributed by atoms with van der Waals surface area (Å²) in [6, 6.07) is 0. The Balaban J connectivity index is 2.86. The molecule has 0 aromatic carbocycles. The summed E-state index contributed by atoms with van der Waals surface area (Å²) in [6.45, 7) is 1.90. The number of nitrogens with zero attached hydrogens (tertiary/aromatic N) is 3. The Morgan fingerprint density at radius 1 is 1.40 bits per heavy atom. The van der Waals surface area contributed by atoms with E-state index in [0.717, 1.165) is 16.9 Å². The molecule has 2 heterocycles. The zero-order valence-electron chi connectivity index (χ0n) is 5.50. The Bertz CT molecular complexity index is 351. The van der Waals surface area contributed by atoms with Crippen molar-refractivity contribution in [3.63, 3.8) is 0 Å². The van der Waals surface area contributed by atoms with Crippen LogP contribution in [0.4, 0.5) is 0 Å². The summed E-state index contributed by atoms with van der Waals surface area (Å²) in [4.78, 5) is 8.24. The fraction of sp³-hybridized carbons (Fsp3) is 0.167. The fourth-order valence-corrected chi connectivity index (χ4v) is 0.818. The largest absolute Gasteiger partial charge is 0.259 e. The standard InChI is InChI=1S/C6H6N4/c1-4-2-7-5-3-8-10-6(5)9-4/h2-3H,1H3,(H,8,9,10). The van der Waals surface area contributed by atoms with Gasteiger partial charge >= 0.3 is 0 Å². The first-order valence-electron chi connectivity index (χ1n) is 2.99. The van der Waals surface area contributed by atoms with Crippen molar-refractivity contribution in [1.82, 2.24) is 20.2 Å². The number of H-pyrrole nitrogens is 1. The first-order chi connectivity index (χ1) is 4.86. The van der Waals surface area contributed by atoms with E-state index in [1.54, 1.807) is 12.4 Å². The van der Waals surface area contributed by atoms with Crippen LogP contribution in [0.2, 0.25) is 0 Å². The minimum Gasteiger partial charge on any atom is -0.259 e. The summed E-state index contributed by atoms with van der Waals surface area (Å²) in [7, 11) is 0. The van der Waals surface area contributed by atoms with Gasteiger partial charge in [0.2, 0.25) is 0 Å². The quantitative estimate of drug-likeness (QED) is 0.575. The molecule has 2 aromatic heterocycles. The Hall–Kier alpha value is -1.45. The summed E-state index contributed by atoms with van der Waals surface area (Å²) in [5.41, 5.74) is 2.46. The van der Waals surface area contributed by atoms with E-state index in [9.17, 15) is 0 Å². The normalized spacial score (nSPS) is 10.5. The van der Waals surface area contributed by atoms with Gasteiger partial charge in [0.15, 0.2) is 5.65 Å². The van der Waals surface area contributed by atoms with Gasteiger partial charge in [-0.2, -0.15) is 5.10 Å². The number of aryl methyl sites for hydroxylation is 1. The van der Waals surface area contributed by atoms with Gasteiger partial charge in [-0.1, -0.05) is 0 Å². The highest BCUT2D eigenvalue weighted by molar-refractivity contribution is 5.67. The predicted octanol–water partition coefficient (Wildman–Crippen LogP) is 0.661. The molecule has 0 saturated heterocycles. The van der Waals surface area contributed by atoms with Crippen LogP contribution in [0.3, 0.4) is 0 Å². The van der Waals surface area contributed by atoms with E-state index in [2.05, 4.69) is 20.2 Å². The number of fused-ring (bicyclic) bond motifs is 1. The zero-order valence-corrected chi connectivity index (χ0v) is 5.50. The lowest BCUT2D eigenvalue weighted by atomic mass is 10.5. The number of nitrogens with one attached hydrogen (secondary N) is 1. The minimum absolute atomic E-state index is 0.750. The lowest BCUT2D eigenvalue weighted by Gasteiger charge is -1.87. The molecule has 0 atom stereocenters. The molecule has 0 spiro atoms. The molecule has 0 amide bonds. The smallest absolute Gasteiger partial charge is 0.174 e. The van der Waals surface area contributed by atoms with Crippen LogP contribution in [0.5, 0.6) is 0 Å². The van der Waals surface area contributed by atoms with E-state index >= 15 is 0 Å². The van der Waals surface area contributed by atoms with Gasteiger partial charge in [-0.15, -0.1) is 0 Å². The van der Waals surface area contributed by atoms with E-state index < -0.39 is 0 Å². The number of aromatic nitrogens is 4. The Labute approximate surface area is 57.3 Å². The molecule has 0 radical (unpaired) electrons. The first-order valence-corrected chi connectivity index (χ1v) is 2.99. The minimum atomic E-state index is 0.750.